The molecule has 2 N–H and O–H groups in total. The van der Waals surface area contributed by atoms with Crippen molar-refractivity contribution in [1.82, 2.24) is 10.3 Å². The lowest BCUT2D eigenvalue weighted by atomic mass is 10.0. The number of aliphatic hydroxyl groups excluding tert-OH is 1. The van der Waals surface area contributed by atoms with Crippen molar-refractivity contribution in [2.24, 2.45) is 0 Å². The molecule has 0 aliphatic rings. The fraction of sp³-hybridized carbons (Fsp3) is 0.267. The monoisotopic (exact) mass is 276 g/mol. The van der Waals surface area contributed by atoms with E-state index in [9.17, 15) is 5.11 Å². The summed E-state index contributed by atoms with van der Waals surface area (Å²) < 4.78 is 0. The highest BCUT2D eigenvalue weighted by atomic mass is 35.5. The zero-order valence-corrected chi connectivity index (χ0v) is 11.5. The van der Waals surface area contributed by atoms with Crippen LogP contribution < -0.4 is 5.32 Å². The fourth-order valence-electron chi connectivity index (χ4n) is 2.02. The van der Waals surface area contributed by atoms with Crippen LogP contribution in [-0.2, 0) is 0 Å². The Labute approximate surface area is 118 Å². The minimum Gasteiger partial charge on any atom is -0.394 e. The van der Waals surface area contributed by atoms with E-state index in [1.54, 1.807) is 6.20 Å². The first-order chi connectivity index (χ1) is 9.20. The maximum atomic E-state index is 9.53. The molecule has 0 bridgehead atoms. The molecule has 0 radical (unpaired) electrons. The van der Waals surface area contributed by atoms with E-state index in [2.05, 4.69) is 10.3 Å². The van der Waals surface area contributed by atoms with Gasteiger partial charge in [0.25, 0.3) is 0 Å². The number of nitrogens with one attached hydrogen (secondary N) is 1. The Kier molecular flexibility index (Phi) is 4.91. The minimum atomic E-state index is -0.0943. The number of aliphatic hydroxyl groups is 1. The molecule has 0 fully saturated rings. The van der Waals surface area contributed by atoms with E-state index in [4.69, 9.17) is 11.6 Å². The van der Waals surface area contributed by atoms with Gasteiger partial charge in [0.2, 0.25) is 0 Å². The number of pyridine rings is 1. The lowest BCUT2D eigenvalue weighted by molar-refractivity contribution is 0.235. The SMILES string of the molecule is CC(NC(CO)c1ccccc1)c1ccnc(Cl)c1. The second-order valence-corrected chi connectivity index (χ2v) is 4.83. The first kappa shape index (κ1) is 14.0. The van der Waals surface area contributed by atoms with Gasteiger partial charge in [-0.1, -0.05) is 41.9 Å². The van der Waals surface area contributed by atoms with Gasteiger partial charge in [-0.05, 0) is 30.2 Å². The van der Waals surface area contributed by atoms with Crippen molar-refractivity contribution in [2.75, 3.05) is 6.61 Å². The average molecular weight is 277 g/mol. The molecule has 2 unspecified atom stereocenters. The van der Waals surface area contributed by atoms with Gasteiger partial charge in [-0.3, -0.25) is 0 Å². The summed E-state index contributed by atoms with van der Waals surface area (Å²) in [7, 11) is 0. The Morgan fingerprint density at radius 2 is 1.95 bits per heavy atom. The van der Waals surface area contributed by atoms with Crippen LogP contribution in [0.3, 0.4) is 0 Å². The third-order valence-electron chi connectivity index (χ3n) is 3.09. The van der Waals surface area contributed by atoms with Crippen LogP contribution >= 0.6 is 11.6 Å². The zero-order valence-electron chi connectivity index (χ0n) is 10.8. The molecule has 0 saturated carbocycles. The maximum Gasteiger partial charge on any atom is 0.129 e. The van der Waals surface area contributed by atoms with E-state index in [-0.39, 0.29) is 18.7 Å². The first-order valence-electron chi connectivity index (χ1n) is 6.24. The molecular weight excluding hydrogens is 260 g/mol. The summed E-state index contributed by atoms with van der Waals surface area (Å²) in [5, 5.41) is 13.4. The second kappa shape index (κ2) is 6.66. The molecule has 0 spiro atoms. The van der Waals surface area contributed by atoms with Gasteiger partial charge in [0.15, 0.2) is 0 Å². The maximum absolute atomic E-state index is 9.53. The van der Waals surface area contributed by atoms with Gasteiger partial charge in [-0.25, -0.2) is 4.98 Å². The minimum absolute atomic E-state index is 0.0488. The highest BCUT2D eigenvalue weighted by Gasteiger charge is 2.14. The molecule has 1 aromatic heterocycles. The number of hydrogen-bond donors (Lipinski definition) is 2. The van der Waals surface area contributed by atoms with E-state index in [1.807, 2.05) is 49.4 Å². The number of hydrogen-bond acceptors (Lipinski definition) is 3. The molecule has 0 amide bonds. The summed E-state index contributed by atoms with van der Waals surface area (Å²) in [6.45, 7) is 2.09. The Balaban J connectivity index is 2.10. The van der Waals surface area contributed by atoms with Gasteiger partial charge in [-0.2, -0.15) is 0 Å². The van der Waals surface area contributed by atoms with Crippen LogP contribution in [0.2, 0.25) is 5.15 Å². The summed E-state index contributed by atoms with van der Waals surface area (Å²) >= 11 is 5.89. The Hall–Kier alpha value is -1.42. The molecule has 0 saturated heterocycles. The van der Waals surface area contributed by atoms with E-state index in [1.165, 1.54) is 0 Å². The molecule has 4 heteroatoms. The summed E-state index contributed by atoms with van der Waals surface area (Å²) in [6.07, 6.45) is 1.69. The molecule has 19 heavy (non-hydrogen) atoms. The molecule has 0 aliphatic carbocycles. The number of aromatic nitrogens is 1. The van der Waals surface area contributed by atoms with Gasteiger partial charge in [0.05, 0.1) is 12.6 Å². The number of halogens is 1. The zero-order chi connectivity index (χ0) is 13.7. The molecular formula is C15H17ClN2O. The van der Waals surface area contributed by atoms with E-state index in [0.29, 0.717) is 5.15 Å². The summed E-state index contributed by atoms with van der Waals surface area (Å²) in [6, 6.07) is 13.6. The molecule has 3 nitrogen and oxygen atoms in total. The standard InChI is InChI=1S/C15H17ClN2O/c1-11(13-7-8-17-15(16)9-13)18-14(10-19)12-5-3-2-4-6-12/h2-9,11,14,18-19H,10H2,1H3. The molecule has 1 aromatic carbocycles. The molecule has 100 valence electrons. The van der Waals surface area contributed by atoms with Gasteiger partial charge >= 0.3 is 0 Å². The van der Waals surface area contributed by atoms with Crippen molar-refractivity contribution < 1.29 is 5.11 Å². The van der Waals surface area contributed by atoms with Crippen molar-refractivity contribution in [3.05, 3.63) is 64.9 Å². The summed E-state index contributed by atoms with van der Waals surface area (Å²) in [4.78, 5) is 3.97. The normalized spacial score (nSPS) is 14.1. The van der Waals surface area contributed by atoms with Gasteiger partial charge in [0.1, 0.15) is 5.15 Å². The van der Waals surface area contributed by atoms with E-state index in [0.717, 1.165) is 11.1 Å². The smallest absolute Gasteiger partial charge is 0.129 e. The van der Waals surface area contributed by atoms with Crippen molar-refractivity contribution >= 4 is 11.6 Å². The summed E-state index contributed by atoms with van der Waals surface area (Å²) in [5.74, 6) is 0. The van der Waals surface area contributed by atoms with Crippen LogP contribution in [0.15, 0.2) is 48.7 Å². The van der Waals surface area contributed by atoms with Crippen molar-refractivity contribution in [3.8, 4) is 0 Å². The quantitative estimate of drug-likeness (QED) is 0.825. The highest BCUT2D eigenvalue weighted by molar-refractivity contribution is 6.29. The van der Waals surface area contributed by atoms with Crippen LogP contribution in [0.25, 0.3) is 0 Å². The average Bonchev–Trinajstić information content (AvgIpc) is 2.45. The number of nitrogens with zero attached hydrogens (tertiary/aromatic N) is 1. The van der Waals surface area contributed by atoms with Crippen molar-refractivity contribution in [2.45, 2.75) is 19.0 Å². The predicted molar refractivity (Wildman–Crippen MR) is 77.1 cm³/mol. The second-order valence-electron chi connectivity index (χ2n) is 4.45. The molecule has 0 aliphatic heterocycles. The number of rotatable bonds is 5. The predicted octanol–water partition coefficient (Wildman–Crippen LogP) is 3.12. The number of benzene rings is 1. The van der Waals surface area contributed by atoms with Crippen LogP contribution in [0, 0.1) is 0 Å². The lowest BCUT2D eigenvalue weighted by Crippen LogP contribution is -2.27. The molecule has 2 rings (SSSR count). The Bertz CT molecular complexity index is 519. The van der Waals surface area contributed by atoms with Crippen LogP contribution in [0.1, 0.15) is 30.1 Å². The lowest BCUT2D eigenvalue weighted by Gasteiger charge is -2.22. The van der Waals surface area contributed by atoms with E-state index >= 15 is 0 Å². The van der Waals surface area contributed by atoms with Gasteiger partial charge in [-0.15, -0.1) is 0 Å². The Morgan fingerprint density at radius 3 is 2.58 bits per heavy atom. The van der Waals surface area contributed by atoms with Crippen molar-refractivity contribution in [3.63, 3.8) is 0 Å². The van der Waals surface area contributed by atoms with Gasteiger partial charge < -0.3 is 10.4 Å². The van der Waals surface area contributed by atoms with Crippen LogP contribution in [-0.4, -0.2) is 16.7 Å². The Morgan fingerprint density at radius 1 is 1.21 bits per heavy atom. The fourth-order valence-corrected chi connectivity index (χ4v) is 2.21. The largest absolute Gasteiger partial charge is 0.394 e. The topological polar surface area (TPSA) is 45.1 Å². The summed E-state index contributed by atoms with van der Waals surface area (Å²) in [5.41, 5.74) is 2.12. The first-order valence-corrected chi connectivity index (χ1v) is 6.62. The van der Waals surface area contributed by atoms with E-state index < -0.39 is 0 Å². The highest BCUT2D eigenvalue weighted by Crippen LogP contribution is 2.20. The van der Waals surface area contributed by atoms with Crippen LogP contribution in [0.5, 0.6) is 0 Å². The van der Waals surface area contributed by atoms with Gasteiger partial charge in [0, 0.05) is 12.2 Å². The molecule has 1 heterocycles. The third-order valence-corrected chi connectivity index (χ3v) is 3.29. The molecule has 2 aromatic rings. The third kappa shape index (κ3) is 3.77. The molecule has 2 atom stereocenters. The van der Waals surface area contributed by atoms with Crippen LogP contribution in [0.4, 0.5) is 0 Å². The van der Waals surface area contributed by atoms with Crippen molar-refractivity contribution in [1.29, 1.82) is 0 Å².